The van der Waals surface area contributed by atoms with Gasteiger partial charge in [-0.2, -0.15) is 0 Å². The third kappa shape index (κ3) is 12.0. The lowest BCUT2D eigenvalue weighted by Crippen LogP contribution is -2.53. The Morgan fingerprint density at radius 1 is 0.463 bits per heavy atom. The number of hydrogen-bond acceptors (Lipinski definition) is 12. The Kier molecular flexibility index (Phi) is 17.5. The van der Waals surface area contributed by atoms with Crippen molar-refractivity contribution in [3.05, 3.63) is 94.0 Å². The molecule has 0 spiro atoms. The van der Waals surface area contributed by atoms with Crippen LogP contribution < -0.4 is 37.9 Å². The van der Waals surface area contributed by atoms with Crippen LogP contribution in [0.1, 0.15) is 77.6 Å². The van der Waals surface area contributed by atoms with E-state index >= 15 is 0 Å². The summed E-state index contributed by atoms with van der Waals surface area (Å²) in [5.74, 6) is 5.06. The average Bonchev–Trinajstić information content (AvgIpc) is 3.35. The lowest BCUT2D eigenvalue weighted by Gasteiger charge is -2.46. The molecule has 4 atom stereocenters. The summed E-state index contributed by atoms with van der Waals surface area (Å²) < 4.78 is 57.8. The summed E-state index contributed by atoms with van der Waals surface area (Å²) in [5, 5.41) is 0. The lowest BCUT2D eigenvalue weighted by atomic mass is 9.86. The van der Waals surface area contributed by atoms with Crippen molar-refractivity contribution in [3.8, 4) is 46.0 Å². The smallest absolute Gasteiger partial charge is 0.311 e. The number of nitrogens with zero attached hydrogens (tertiary/aromatic N) is 2. The van der Waals surface area contributed by atoms with Gasteiger partial charge in [0.15, 0.2) is 46.0 Å². The predicted octanol–water partition coefficient (Wildman–Crippen LogP) is 8.07. The number of hydrogen-bond donors (Lipinski definition) is 0. The van der Waals surface area contributed by atoms with E-state index in [4.69, 9.17) is 47.4 Å². The van der Waals surface area contributed by atoms with Crippen LogP contribution in [-0.2, 0) is 44.7 Å². The second kappa shape index (κ2) is 23.2. The SMILES string of the molecule is COc1ccc(C[C@@H]2c3cc(OC)c(OC)cc3CC[N+]2(C)CCC(=O)OCCCCCOC(=O)CC[N@@+]2(C)CCc3cc(OC)c(OC)cc3[C@H]2Cc2ccc(OC)c(OC)c2)cc1OC. The fourth-order valence-electron chi connectivity index (χ4n) is 9.91. The zero-order valence-electron chi connectivity index (χ0n) is 41.3. The third-order valence-corrected chi connectivity index (χ3v) is 14.0. The fourth-order valence-corrected chi connectivity index (χ4v) is 9.91. The molecule has 4 aromatic rings. The van der Waals surface area contributed by atoms with Crippen LogP contribution in [-0.4, -0.2) is 131 Å². The molecule has 2 heterocycles. The Morgan fingerprint density at radius 2 is 0.806 bits per heavy atom. The molecule has 0 saturated heterocycles. The largest absolute Gasteiger partial charge is 0.493 e. The van der Waals surface area contributed by atoms with Gasteiger partial charge < -0.3 is 56.3 Å². The van der Waals surface area contributed by atoms with E-state index in [1.54, 1.807) is 56.9 Å². The molecule has 1 unspecified atom stereocenters. The molecular formula is C53H72N2O12+2. The molecule has 14 nitrogen and oxygen atoms in total. The Morgan fingerprint density at radius 3 is 1.16 bits per heavy atom. The maximum absolute atomic E-state index is 13.2. The van der Waals surface area contributed by atoms with Gasteiger partial charge in [-0.3, -0.25) is 9.59 Å². The van der Waals surface area contributed by atoms with Crippen LogP contribution in [0.25, 0.3) is 0 Å². The maximum atomic E-state index is 13.2. The molecule has 67 heavy (non-hydrogen) atoms. The molecule has 2 aliphatic heterocycles. The molecule has 0 saturated carbocycles. The molecule has 0 radical (unpaired) electrons. The Bertz CT molecular complexity index is 2160. The van der Waals surface area contributed by atoms with Gasteiger partial charge in [-0.05, 0) is 90.0 Å². The monoisotopic (exact) mass is 929 g/mol. The van der Waals surface area contributed by atoms with Crippen LogP contribution in [0.2, 0.25) is 0 Å². The topological polar surface area (TPSA) is 126 Å². The quantitative estimate of drug-likeness (QED) is 0.0383. The molecule has 0 fully saturated rings. The summed E-state index contributed by atoms with van der Waals surface area (Å²) >= 11 is 0. The molecule has 0 bridgehead atoms. The first-order valence-electron chi connectivity index (χ1n) is 23.3. The normalized spacial score (nSPS) is 19.6. The molecule has 364 valence electrons. The van der Waals surface area contributed by atoms with Crippen molar-refractivity contribution in [3.63, 3.8) is 0 Å². The average molecular weight is 929 g/mol. The number of quaternary nitrogens is 2. The first kappa shape index (κ1) is 50.6. The number of ether oxygens (including phenoxy) is 10. The number of benzene rings is 4. The van der Waals surface area contributed by atoms with Crippen molar-refractivity contribution < 1.29 is 65.9 Å². The third-order valence-electron chi connectivity index (χ3n) is 14.0. The highest BCUT2D eigenvalue weighted by atomic mass is 16.5. The van der Waals surface area contributed by atoms with Crippen LogP contribution >= 0.6 is 0 Å². The number of carbonyl (C=O) groups excluding carboxylic acids is 2. The molecule has 0 N–H and O–H groups in total. The maximum Gasteiger partial charge on any atom is 0.311 e. The molecule has 4 aromatic carbocycles. The lowest BCUT2D eigenvalue weighted by molar-refractivity contribution is -0.940. The molecule has 14 heteroatoms. The number of methoxy groups -OCH3 is 8. The van der Waals surface area contributed by atoms with Gasteiger partial charge in [0.25, 0.3) is 0 Å². The Labute approximate surface area is 397 Å². The van der Waals surface area contributed by atoms with Gasteiger partial charge in [0, 0.05) is 36.8 Å². The van der Waals surface area contributed by atoms with Gasteiger partial charge in [-0.25, -0.2) is 0 Å². The van der Waals surface area contributed by atoms with Crippen molar-refractivity contribution in [1.82, 2.24) is 0 Å². The van der Waals surface area contributed by atoms with E-state index in [9.17, 15) is 9.59 Å². The van der Waals surface area contributed by atoms with Gasteiger partial charge in [-0.1, -0.05) is 12.1 Å². The van der Waals surface area contributed by atoms with Gasteiger partial charge >= 0.3 is 11.9 Å². The zero-order valence-corrected chi connectivity index (χ0v) is 41.3. The van der Waals surface area contributed by atoms with E-state index in [2.05, 4.69) is 50.5 Å². The minimum atomic E-state index is -0.215. The number of unbranched alkanes of at least 4 members (excludes halogenated alkanes) is 2. The Balaban J connectivity index is 0.987. The number of carbonyl (C=O) groups is 2. The van der Waals surface area contributed by atoms with E-state index in [1.807, 2.05) is 24.3 Å². The van der Waals surface area contributed by atoms with E-state index in [0.717, 1.165) is 56.3 Å². The van der Waals surface area contributed by atoms with Crippen molar-refractivity contribution in [2.24, 2.45) is 0 Å². The van der Waals surface area contributed by atoms with E-state index in [-0.39, 0.29) is 24.0 Å². The summed E-state index contributed by atoms with van der Waals surface area (Å²) in [4.78, 5) is 26.4. The van der Waals surface area contributed by atoms with Gasteiger partial charge in [-0.15, -0.1) is 0 Å². The zero-order chi connectivity index (χ0) is 48.1. The van der Waals surface area contributed by atoms with Crippen molar-refractivity contribution >= 4 is 11.9 Å². The van der Waals surface area contributed by atoms with Gasteiger partial charge in [0.1, 0.15) is 12.1 Å². The molecule has 0 aromatic heterocycles. The second-order valence-electron chi connectivity index (χ2n) is 18.0. The fraction of sp³-hybridized carbons (Fsp3) is 0.509. The predicted molar refractivity (Wildman–Crippen MR) is 255 cm³/mol. The highest BCUT2D eigenvalue weighted by Gasteiger charge is 2.42. The molecule has 0 aliphatic carbocycles. The summed E-state index contributed by atoms with van der Waals surface area (Å²) in [7, 11) is 17.6. The summed E-state index contributed by atoms with van der Waals surface area (Å²) in [6, 6.07) is 20.5. The highest BCUT2D eigenvalue weighted by molar-refractivity contribution is 5.69. The van der Waals surface area contributed by atoms with E-state index in [0.29, 0.717) is 107 Å². The summed E-state index contributed by atoms with van der Waals surface area (Å²) in [6.07, 6.45) is 5.85. The van der Waals surface area contributed by atoms with E-state index < -0.39 is 0 Å². The van der Waals surface area contributed by atoms with Crippen LogP contribution in [0.4, 0.5) is 0 Å². The van der Waals surface area contributed by atoms with Crippen LogP contribution in [0, 0.1) is 0 Å². The minimum absolute atomic E-state index is 0.0393. The van der Waals surface area contributed by atoms with Crippen LogP contribution in [0.3, 0.4) is 0 Å². The molecular weight excluding hydrogens is 857 g/mol. The first-order valence-corrected chi connectivity index (χ1v) is 23.3. The highest BCUT2D eigenvalue weighted by Crippen LogP contribution is 2.45. The number of fused-ring (bicyclic) bond motifs is 2. The van der Waals surface area contributed by atoms with Crippen LogP contribution in [0.15, 0.2) is 60.7 Å². The molecule has 6 rings (SSSR count). The standard InChI is InChI=1S/C53H72N2O12/c1-54(22-18-38-32-48(62-7)50(64-9)34-40(38)42(54)28-36-14-16-44(58-3)46(30-36)60-5)24-20-52(56)66-26-12-11-13-27-67-53(57)21-25-55(2)23-19-39-33-49(63-8)51(65-10)35-41(39)43(55)29-37-15-17-45(59-4)47(31-37)61-6/h14-17,30-35,42-43H,11-13,18-29H2,1-10H3/q+2/t42-,43-,54-,55?/m1/s1. The first-order chi connectivity index (χ1) is 32.4. The number of esters is 2. The summed E-state index contributed by atoms with van der Waals surface area (Å²) in [5.41, 5.74) is 7.00. The van der Waals surface area contributed by atoms with Crippen molar-refractivity contribution in [2.75, 3.05) is 110 Å². The second-order valence-corrected chi connectivity index (χ2v) is 18.0. The summed E-state index contributed by atoms with van der Waals surface area (Å²) in [6.45, 7) is 3.57. The van der Waals surface area contributed by atoms with Crippen LogP contribution in [0.5, 0.6) is 46.0 Å². The molecule has 0 amide bonds. The van der Waals surface area contributed by atoms with Gasteiger partial charge in [0.05, 0.1) is 123 Å². The van der Waals surface area contributed by atoms with Crippen molar-refractivity contribution in [1.29, 1.82) is 0 Å². The Hall–Kier alpha value is -5.86. The van der Waals surface area contributed by atoms with E-state index in [1.165, 1.54) is 22.3 Å². The molecule has 2 aliphatic rings. The number of rotatable bonds is 24. The minimum Gasteiger partial charge on any atom is -0.493 e. The van der Waals surface area contributed by atoms with Gasteiger partial charge in [0.2, 0.25) is 0 Å². The van der Waals surface area contributed by atoms with Crippen molar-refractivity contribution in [2.45, 2.75) is 69.9 Å². The number of likely N-dealkylation sites (N-methyl/N-ethyl adjacent to an activating group) is 2.